The van der Waals surface area contributed by atoms with Gasteiger partial charge < -0.3 is 5.32 Å². The summed E-state index contributed by atoms with van der Waals surface area (Å²) in [4.78, 5) is 6.08. The molecule has 1 fully saturated rings. The van der Waals surface area contributed by atoms with Crippen LogP contribution in [0.2, 0.25) is 0 Å². The van der Waals surface area contributed by atoms with Crippen molar-refractivity contribution in [2.24, 2.45) is 5.92 Å². The van der Waals surface area contributed by atoms with Gasteiger partial charge in [-0.15, -0.1) is 11.3 Å². The smallest absolute Gasteiger partial charge is 0.0946 e. The van der Waals surface area contributed by atoms with Crippen molar-refractivity contribution in [2.75, 3.05) is 18.1 Å². The maximum atomic E-state index is 4.70. The third-order valence-corrected chi connectivity index (χ3v) is 5.94. The molecule has 1 saturated heterocycles. The van der Waals surface area contributed by atoms with Crippen molar-refractivity contribution in [1.29, 1.82) is 0 Å². The first kappa shape index (κ1) is 14.4. The normalized spacial score (nSPS) is 21.4. The van der Waals surface area contributed by atoms with E-state index in [2.05, 4.69) is 37.8 Å². The highest BCUT2D eigenvalue weighted by atomic mass is 32.2. The lowest BCUT2D eigenvalue weighted by Gasteiger charge is -2.23. The van der Waals surface area contributed by atoms with Gasteiger partial charge in [-0.1, -0.05) is 6.92 Å². The molecule has 0 spiro atoms. The van der Waals surface area contributed by atoms with E-state index in [9.17, 15) is 0 Å². The lowest BCUT2D eigenvalue weighted by molar-refractivity contribution is 0.379. The van der Waals surface area contributed by atoms with Gasteiger partial charge in [-0.05, 0) is 50.7 Å². The highest BCUT2D eigenvalue weighted by Gasteiger charge is 2.26. The van der Waals surface area contributed by atoms with Crippen molar-refractivity contribution >= 4 is 23.1 Å². The van der Waals surface area contributed by atoms with Crippen LogP contribution < -0.4 is 5.32 Å². The van der Waals surface area contributed by atoms with Crippen molar-refractivity contribution in [3.8, 4) is 0 Å². The maximum absolute atomic E-state index is 4.70. The van der Waals surface area contributed by atoms with Crippen LogP contribution in [0, 0.1) is 19.8 Å². The van der Waals surface area contributed by atoms with Crippen LogP contribution in [0.15, 0.2) is 0 Å². The van der Waals surface area contributed by atoms with Gasteiger partial charge in [0.1, 0.15) is 0 Å². The predicted octanol–water partition coefficient (Wildman–Crippen LogP) is 3.42. The minimum Gasteiger partial charge on any atom is -0.313 e. The summed E-state index contributed by atoms with van der Waals surface area (Å²) in [5.74, 6) is 3.50. The first-order chi connectivity index (χ1) is 8.70. The van der Waals surface area contributed by atoms with Crippen LogP contribution in [-0.4, -0.2) is 29.1 Å². The van der Waals surface area contributed by atoms with Crippen LogP contribution >= 0.6 is 23.1 Å². The number of hydrogen-bond donors (Lipinski definition) is 1. The number of rotatable bonds is 6. The quantitative estimate of drug-likeness (QED) is 0.866. The number of thiazole rings is 1. The molecular weight excluding hydrogens is 260 g/mol. The molecule has 1 aliphatic heterocycles. The summed E-state index contributed by atoms with van der Waals surface area (Å²) in [6.07, 6.45) is 3.70. The average Bonchev–Trinajstić information content (AvgIpc) is 2.96. The van der Waals surface area contributed by atoms with E-state index >= 15 is 0 Å². The Kier molecular flexibility index (Phi) is 5.52. The van der Waals surface area contributed by atoms with Gasteiger partial charge in [0, 0.05) is 17.3 Å². The molecular formula is C14H24N2S2. The van der Waals surface area contributed by atoms with Crippen molar-refractivity contribution in [2.45, 2.75) is 46.1 Å². The van der Waals surface area contributed by atoms with Crippen LogP contribution in [-0.2, 0) is 6.42 Å². The van der Waals surface area contributed by atoms with Gasteiger partial charge in [-0.2, -0.15) is 11.8 Å². The molecule has 2 heterocycles. The Morgan fingerprint density at radius 1 is 1.44 bits per heavy atom. The second kappa shape index (κ2) is 6.92. The molecule has 0 bridgehead atoms. The summed E-state index contributed by atoms with van der Waals surface area (Å²) >= 11 is 3.98. The van der Waals surface area contributed by atoms with Gasteiger partial charge in [0.15, 0.2) is 0 Å². The van der Waals surface area contributed by atoms with E-state index in [1.807, 2.05) is 11.3 Å². The number of aryl methyl sites for hydroxylation is 2. The summed E-state index contributed by atoms with van der Waals surface area (Å²) in [5.41, 5.74) is 1.21. The zero-order chi connectivity index (χ0) is 13.0. The third kappa shape index (κ3) is 3.72. The fraction of sp³-hybridized carbons (Fsp3) is 0.786. The van der Waals surface area contributed by atoms with Crippen LogP contribution in [0.5, 0.6) is 0 Å². The Morgan fingerprint density at radius 2 is 2.28 bits per heavy atom. The molecule has 0 saturated carbocycles. The molecule has 0 aromatic carbocycles. The first-order valence-electron chi connectivity index (χ1n) is 6.94. The standard InChI is InChI=1S/C14H24N2S2/c1-4-6-15-13(12-5-7-17-9-12)8-14-16-10(2)11(3)18-14/h12-13,15H,4-9H2,1-3H3. The molecule has 1 N–H and O–H groups in total. The molecule has 2 atom stereocenters. The lowest BCUT2D eigenvalue weighted by atomic mass is 9.96. The lowest BCUT2D eigenvalue weighted by Crippen LogP contribution is -2.38. The minimum absolute atomic E-state index is 0.630. The Labute approximate surface area is 119 Å². The van der Waals surface area contributed by atoms with Crippen molar-refractivity contribution < 1.29 is 0 Å². The molecule has 102 valence electrons. The molecule has 0 radical (unpaired) electrons. The molecule has 2 rings (SSSR count). The molecule has 1 aliphatic rings. The molecule has 2 nitrogen and oxygen atoms in total. The Morgan fingerprint density at radius 3 is 2.83 bits per heavy atom. The predicted molar refractivity (Wildman–Crippen MR) is 82.8 cm³/mol. The summed E-state index contributed by atoms with van der Waals surface area (Å²) in [7, 11) is 0. The van der Waals surface area contributed by atoms with E-state index in [0.717, 1.165) is 18.9 Å². The summed E-state index contributed by atoms with van der Waals surface area (Å²) in [6.45, 7) is 7.67. The van der Waals surface area contributed by atoms with E-state index in [0.29, 0.717) is 6.04 Å². The summed E-state index contributed by atoms with van der Waals surface area (Å²) in [6, 6.07) is 0.630. The highest BCUT2D eigenvalue weighted by molar-refractivity contribution is 7.99. The zero-order valence-corrected chi connectivity index (χ0v) is 13.3. The van der Waals surface area contributed by atoms with Crippen molar-refractivity contribution in [3.63, 3.8) is 0 Å². The summed E-state index contributed by atoms with van der Waals surface area (Å²) in [5, 5.41) is 5.06. The highest BCUT2D eigenvalue weighted by Crippen LogP contribution is 2.29. The minimum atomic E-state index is 0.630. The van der Waals surface area contributed by atoms with Gasteiger partial charge in [0.2, 0.25) is 0 Å². The van der Waals surface area contributed by atoms with Crippen LogP contribution in [0.4, 0.5) is 0 Å². The Balaban J connectivity index is 1.99. The fourth-order valence-electron chi connectivity index (χ4n) is 2.42. The van der Waals surface area contributed by atoms with E-state index in [1.54, 1.807) is 0 Å². The van der Waals surface area contributed by atoms with E-state index in [1.165, 1.54) is 39.9 Å². The topological polar surface area (TPSA) is 24.9 Å². The fourth-order valence-corrected chi connectivity index (χ4v) is 4.75. The molecule has 2 unspecified atom stereocenters. The Bertz CT molecular complexity index is 350. The molecule has 1 aromatic rings. The monoisotopic (exact) mass is 284 g/mol. The van der Waals surface area contributed by atoms with E-state index in [4.69, 9.17) is 4.98 Å². The average molecular weight is 284 g/mol. The van der Waals surface area contributed by atoms with E-state index in [-0.39, 0.29) is 0 Å². The van der Waals surface area contributed by atoms with Crippen LogP contribution in [0.25, 0.3) is 0 Å². The second-order valence-electron chi connectivity index (χ2n) is 5.14. The van der Waals surface area contributed by atoms with E-state index < -0.39 is 0 Å². The van der Waals surface area contributed by atoms with Gasteiger partial charge in [-0.3, -0.25) is 0 Å². The number of nitrogens with one attached hydrogen (secondary N) is 1. The molecule has 18 heavy (non-hydrogen) atoms. The number of thioether (sulfide) groups is 1. The van der Waals surface area contributed by atoms with Gasteiger partial charge in [-0.25, -0.2) is 4.98 Å². The van der Waals surface area contributed by atoms with Crippen LogP contribution in [0.1, 0.15) is 35.3 Å². The summed E-state index contributed by atoms with van der Waals surface area (Å²) < 4.78 is 0. The maximum Gasteiger partial charge on any atom is 0.0946 e. The van der Waals surface area contributed by atoms with Gasteiger partial charge in [0.25, 0.3) is 0 Å². The molecule has 0 amide bonds. The number of aromatic nitrogens is 1. The second-order valence-corrected chi connectivity index (χ2v) is 7.58. The van der Waals surface area contributed by atoms with Gasteiger partial charge >= 0.3 is 0 Å². The first-order valence-corrected chi connectivity index (χ1v) is 8.91. The number of hydrogen-bond acceptors (Lipinski definition) is 4. The van der Waals surface area contributed by atoms with Crippen molar-refractivity contribution in [1.82, 2.24) is 10.3 Å². The number of nitrogens with zero attached hydrogens (tertiary/aromatic N) is 1. The molecule has 4 heteroatoms. The molecule has 0 aliphatic carbocycles. The largest absolute Gasteiger partial charge is 0.313 e. The zero-order valence-electron chi connectivity index (χ0n) is 11.7. The van der Waals surface area contributed by atoms with Crippen molar-refractivity contribution in [3.05, 3.63) is 15.6 Å². The molecule has 1 aromatic heterocycles. The SMILES string of the molecule is CCCNC(Cc1nc(C)c(C)s1)C1CCSC1. The third-order valence-electron chi connectivity index (χ3n) is 3.66. The van der Waals surface area contributed by atoms with Gasteiger partial charge in [0.05, 0.1) is 10.7 Å². The Hall–Kier alpha value is -0.0600. The van der Waals surface area contributed by atoms with Crippen LogP contribution in [0.3, 0.4) is 0 Å².